The number of nitrogens with one attached hydrogen (secondary N) is 1. The number of hydrogen-bond donors (Lipinski definition) is 2. The van der Waals surface area contributed by atoms with Crippen LogP contribution in [0.2, 0.25) is 5.02 Å². The fraction of sp³-hybridized carbons (Fsp3) is 0.136. The van der Waals surface area contributed by atoms with Gasteiger partial charge in [-0.05, 0) is 49.2 Å². The Labute approximate surface area is 177 Å². The average molecular weight is 429 g/mol. The van der Waals surface area contributed by atoms with Crippen LogP contribution in [-0.4, -0.2) is 22.0 Å². The Morgan fingerprint density at radius 1 is 1.17 bits per heavy atom. The van der Waals surface area contributed by atoms with Gasteiger partial charge >= 0.3 is 5.97 Å². The van der Waals surface area contributed by atoms with E-state index in [2.05, 4.69) is 10.3 Å². The molecule has 1 unspecified atom stereocenters. The summed E-state index contributed by atoms with van der Waals surface area (Å²) in [7, 11) is 0. The molecule has 0 saturated carbocycles. The molecule has 1 atom stereocenters. The highest BCUT2D eigenvalue weighted by Gasteiger charge is 2.19. The predicted molar refractivity (Wildman–Crippen MR) is 110 cm³/mol. The number of carboxylic acids is 1. The number of halogens is 2. The summed E-state index contributed by atoms with van der Waals surface area (Å²) in [4.78, 5) is 27.9. The summed E-state index contributed by atoms with van der Waals surface area (Å²) in [5.41, 5.74) is 1.41. The highest BCUT2D eigenvalue weighted by atomic mass is 35.5. The lowest BCUT2D eigenvalue weighted by atomic mass is 10.1. The number of carboxylic acid groups (broad SMARTS) is 1. The number of rotatable bonds is 6. The molecule has 1 heterocycles. The normalized spacial score (nSPS) is 11.6. The van der Waals surface area contributed by atoms with Gasteiger partial charge in [-0.25, -0.2) is 14.2 Å². The molecule has 8 heteroatoms. The van der Waals surface area contributed by atoms with Crippen molar-refractivity contribution >= 4 is 23.5 Å². The van der Waals surface area contributed by atoms with Crippen molar-refractivity contribution in [3.05, 3.63) is 87.8 Å². The first kappa shape index (κ1) is 21.3. The Hall–Kier alpha value is -3.45. The van der Waals surface area contributed by atoms with Gasteiger partial charge in [0.05, 0.1) is 16.6 Å². The molecule has 154 valence electrons. The number of carbonyl (C=O) groups excluding carboxylic acids is 1. The zero-order valence-electron chi connectivity index (χ0n) is 16.1. The summed E-state index contributed by atoms with van der Waals surface area (Å²) in [6.07, 6.45) is 1.33. The molecule has 0 fully saturated rings. The van der Waals surface area contributed by atoms with Crippen molar-refractivity contribution in [2.75, 3.05) is 0 Å². The minimum atomic E-state index is -1.03. The number of aromatic nitrogens is 1. The van der Waals surface area contributed by atoms with E-state index >= 15 is 0 Å². The minimum absolute atomic E-state index is 0.0198. The van der Waals surface area contributed by atoms with E-state index in [9.17, 15) is 14.0 Å². The van der Waals surface area contributed by atoms with Gasteiger partial charge in [0.15, 0.2) is 0 Å². The number of aromatic carboxylic acids is 1. The van der Waals surface area contributed by atoms with Crippen LogP contribution in [0.15, 0.2) is 54.7 Å². The zero-order chi connectivity index (χ0) is 21.8. The van der Waals surface area contributed by atoms with Crippen LogP contribution in [0, 0.1) is 12.7 Å². The van der Waals surface area contributed by atoms with Crippen LogP contribution in [0.3, 0.4) is 0 Å². The number of hydrogen-bond acceptors (Lipinski definition) is 4. The summed E-state index contributed by atoms with van der Waals surface area (Å²) in [6.45, 7) is 3.38. The molecule has 0 saturated heterocycles. The molecule has 0 aliphatic carbocycles. The first-order chi connectivity index (χ1) is 14.2. The SMILES string of the molecule is Cc1ccc(Oc2ncc(Cl)cc2C(=O)NC(C)c2ccc(C(=O)O)cc2)cc1F. The molecule has 2 aromatic carbocycles. The molecule has 0 aliphatic rings. The van der Waals surface area contributed by atoms with Crippen LogP contribution in [0.25, 0.3) is 0 Å². The highest BCUT2D eigenvalue weighted by Crippen LogP contribution is 2.27. The van der Waals surface area contributed by atoms with E-state index in [1.54, 1.807) is 38.1 Å². The van der Waals surface area contributed by atoms with Gasteiger partial charge in [-0.1, -0.05) is 29.8 Å². The number of carbonyl (C=O) groups is 2. The van der Waals surface area contributed by atoms with Crippen LogP contribution in [0.4, 0.5) is 4.39 Å². The fourth-order valence-corrected chi connectivity index (χ4v) is 2.85. The van der Waals surface area contributed by atoms with Gasteiger partial charge in [0.1, 0.15) is 17.1 Å². The number of ether oxygens (including phenoxy) is 1. The van der Waals surface area contributed by atoms with E-state index < -0.39 is 23.7 Å². The highest BCUT2D eigenvalue weighted by molar-refractivity contribution is 6.30. The molecule has 30 heavy (non-hydrogen) atoms. The summed E-state index contributed by atoms with van der Waals surface area (Å²) in [6, 6.07) is 11.5. The zero-order valence-corrected chi connectivity index (χ0v) is 16.9. The van der Waals surface area contributed by atoms with Crippen molar-refractivity contribution in [2.24, 2.45) is 0 Å². The molecule has 0 radical (unpaired) electrons. The van der Waals surface area contributed by atoms with E-state index in [-0.39, 0.29) is 27.8 Å². The van der Waals surface area contributed by atoms with Crippen LogP contribution < -0.4 is 10.1 Å². The Morgan fingerprint density at radius 3 is 2.50 bits per heavy atom. The summed E-state index contributed by atoms with van der Waals surface area (Å²) in [5, 5.41) is 12.0. The maximum absolute atomic E-state index is 13.8. The molecule has 3 rings (SSSR count). The maximum atomic E-state index is 13.8. The number of nitrogens with zero attached hydrogens (tertiary/aromatic N) is 1. The summed E-state index contributed by atoms with van der Waals surface area (Å²) in [5.74, 6) is -1.79. The Kier molecular flexibility index (Phi) is 6.32. The second-order valence-corrected chi connectivity index (χ2v) is 7.08. The van der Waals surface area contributed by atoms with Gasteiger partial charge in [-0.15, -0.1) is 0 Å². The summed E-state index contributed by atoms with van der Waals surface area (Å²) >= 11 is 6.00. The van der Waals surface area contributed by atoms with Crippen molar-refractivity contribution in [1.29, 1.82) is 0 Å². The van der Waals surface area contributed by atoms with Crippen molar-refractivity contribution < 1.29 is 23.8 Å². The predicted octanol–water partition coefficient (Wildman–Crippen LogP) is 5.16. The topological polar surface area (TPSA) is 88.5 Å². The number of pyridine rings is 1. The van der Waals surface area contributed by atoms with E-state index in [1.165, 1.54) is 30.5 Å². The molecule has 1 amide bonds. The van der Waals surface area contributed by atoms with Gasteiger partial charge in [-0.2, -0.15) is 0 Å². The Bertz CT molecular complexity index is 1100. The van der Waals surface area contributed by atoms with Gasteiger partial charge in [0, 0.05) is 12.3 Å². The van der Waals surface area contributed by atoms with Crippen LogP contribution >= 0.6 is 11.6 Å². The molecule has 6 nitrogen and oxygen atoms in total. The lowest BCUT2D eigenvalue weighted by molar-refractivity contribution is 0.0696. The molecule has 1 aromatic heterocycles. The molecule has 2 N–H and O–H groups in total. The fourth-order valence-electron chi connectivity index (χ4n) is 2.69. The van der Waals surface area contributed by atoms with E-state index in [4.69, 9.17) is 21.4 Å². The smallest absolute Gasteiger partial charge is 0.335 e. The van der Waals surface area contributed by atoms with Gasteiger partial charge in [0.2, 0.25) is 5.88 Å². The molecular weight excluding hydrogens is 411 g/mol. The molecule has 3 aromatic rings. The Balaban J connectivity index is 1.81. The standard InChI is InChI=1S/C22H18ClFN2O4/c1-12-3-8-17(10-19(12)24)30-21-18(9-16(23)11-25-21)20(27)26-13(2)14-4-6-15(7-5-14)22(28)29/h3-11,13H,1-2H3,(H,26,27)(H,28,29). The third-order valence-electron chi connectivity index (χ3n) is 4.43. The van der Waals surface area contributed by atoms with Crippen molar-refractivity contribution in [3.8, 4) is 11.6 Å². The van der Waals surface area contributed by atoms with Crippen LogP contribution in [-0.2, 0) is 0 Å². The van der Waals surface area contributed by atoms with Crippen LogP contribution in [0.1, 0.15) is 44.8 Å². The van der Waals surface area contributed by atoms with Crippen LogP contribution in [0.5, 0.6) is 11.6 Å². The number of amides is 1. The van der Waals surface area contributed by atoms with Crippen molar-refractivity contribution in [2.45, 2.75) is 19.9 Å². The monoisotopic (exact) mass is 428 g/mol. The third kappa shape index (κ3) is 4.93. The molecule has 0 bridgehead atoms. The second kappa shape index (κ2) is 8.92. The molecular formula is C22H18ClFN2O4. The van der Waals surface area contributed by atoms with Gasteiger partial charge in [-0.3, -0.25) is 4.79 Å². The molecule has 0 aliphatic heterocycles. The number of benzene rings is 2. The first-order valence-corrected chi connectivity index (χ1v) is 9.36. The lowest BCUT2D eigenvalue weighted by Gasteiger charge is -2.16. The first-order valence-electron chi connectivity index (χ1n) is 8.98. The Morgan fingerprint density at radius 2 is 1.87 bits per heavy atom. The largest absolute Gasteiger partial charge is 0.478 e. The van der Waals surface area contributed by atoms with E-state index in [1.807, 2.05) is 0 Å². The quantitative estimate of drug-likeness (QED) is 0.565. The number of aryl methyl sites for hydroxylation is 1. The lowest BCUT2D eigenvalue weighted by Crippen LogP contribution is -2.27. The second-order valence-electron chi connectivity index (χ2n) is 6.64. The van der Waals surface area contributed by atoms with E-state index in [0.29, 0.717) is 11.1 Å². The van der Waals surface area contributed by atoms with E-state index in [0.717, 1.165) is 0 Å². The molecule has 0 spiro atoms. The van der Waals surface area contributed by atoms with Crippen molar-refractivity contribution in [1.82, 2.24) is 10.3 Å². The average Bonchev–Trinajstić information content (AvgIpc) is 2.72. The van der Waals surface area contributed by atoms with Gasteiger partial charge in [0.25, 0.3) is 5.91 Å². The van der Waals surface area contributed by atoms with Crippen molar-refractivity contribution in [3.63, 3.8) is 0 Å². The maximum Gasteiger partial charge on any atom is 0.335 e. The van der Waals surface area contributed by atoms with Gasteiger partial charge < -0.3 is 15.2 Å². The third-order valence-corrected chi connectivity index (χ3v) is 4.63. The minimum Gasteiger partial charge on any atom is -0.478 e. The summed E-state index contributed by atoms with van der Waals surface area (Å²) < 4.78 is 19.4.